The molecule has 0 amide bonds. The Morgan fingerprint density at radius 1 is 0.594 bits per heavy atom. The number of aldehydes is 1. The van der Waals surface area contributed by atoms with Crippen molar-refractivity contribution in [3.63, 3.8) is 0 Å². The molecule has 0 aliphatic rings. The van der Waals surface area contributed by atoms with Gasteiger partial charge in [-0.05, 0) is 0 Å². The Morgan fingerprint density at radius 2 is 1.00 bits per heavy atom. The number of carbonyl (C=O) groups is 6. The Hall–Kier alpha value is -1.53. The molecule has 0 spiro atoms. The number of rotatable bonds is 15. The van der Waals surface area contributed by atoms with E-state index in [1.807, 2.05) is 0 Å². The van der Waals surface area contributed by atoms with Crippen LogP contribution in [0.15, 0.2) is 0 Å². The van der Waals surface area contributed by atoms with Crippen molar-refractivity contribution in [2.45, 2.75) is 24.4 Å². The Morgan fingerprint density at radius 3 is 1.44 bits per heavy atom. The van der Waals surface area contributed by atoms with E-state index in [-0.39, 0.29) is 6.29 Å². The minimum Gasteiger partial charge on any atom is -0.461 e. The summed E-state index contributed by atoms with van der Waals surface area (Å²) in [6.45, 7) is -0.793. The monoisotopic (exact) mass is 560 g/mol. The van der Waals surface area contributed by atoms with E-state index >= 15 is 0 Å². The zero-order valence-corrected chi connectivity index (χ0v) is 19.8. The second-order valence-electron chi connectivity index (χ2n) is 5.38. The van der Waals surface area contributed by atoms with E-state index in [4.69, 9.17) is 81.7 Å². The molecule has 0 aromatic rings. The Bertz CT molecular complexity index is 675. The van der Waals surface area contributed by atoms with Crippen LogP contribution in [0.5, 0.6) is 0 Å². The van der Waals surface area contributed by atoms with Crippen LogP contribution in [0.1, 0.15) is 0 Å². The summed E-state index contributed by atoms with van der Waals surface area (Å²) in [4.78, 5) is 70.1. The van der Waals surface area contributed by atoms with Crippen LogP contribution in [0.4, 0.5) is 0 Å². The van der Waals surface area contributed by atoms with Gasteiger partial charge in [-0.3, -0.25) is 28.8 Å². The lowest BCUT2D eigenvalue weighted by Crippen LogP contribution is -2.54. The van der Waals surface area contributed by atoms with Crippen LogP contribution in [0.2, 0.25) is 0 Å². The summed E-state index contributed by atoms with van der Waals surface area (Å²) in [6.07, 6.45) is -7.42. The van der Waals surface area contributed by atoms with Crippen molar-refractivity contribution in [1.29, 1.82) is 0 Å². The van der Waals surface area contributed by atoms with Gasteiger partial charge in [-0.25, -0.2) is 0 Å². The average Bonchev–Trinajstić information content (AvgIpc) is 2.81. The summed E-state index contributed by atoms with van der Waals surface area (Å²) in [5.41, 5.74) is 0. The molecule has 0 unspecified atom stereocenters. The molecule has 0 fully saturated rings. The maximum atomic E-state index is 11.9. The van der Waals surface area contributed by atoms with E-state index in [1.54, 1.807) is 0 Å². The fraction of sp³-hybridized carbons (Fsp3) is 0.625. The van der Waals surface area contributed by atoms with Crippen molar-refractivity contribution in [2.24, 2.45) is 0 Å². The molecule has 0 N–H and O–H groups in total. The van der Waals surface area contributed by atoms with Crippen molar-refractivity contribution in [1.82, 2.24) is 0 Å². The third kappa shape index (κ3) is 11.4. The largest absolute Gasteiger partial charge is 0.461 e. The predicted octanol–water partition coefficient (Wildman–Crippen LogP) is 0.570. The zero-order valence-electron chi connectivity index (χ0n) is 16.0. The lowest BCUT2D eigenvalue weighted by atomic mass is 10.0. The molecule has 0 aromatic carbocycles. The van der Waals surface area contributed by atoms with Gasteiger partial charge in [0, 0.05) is 0 Å². The number of carbonyl (C=O) groups excluding carboxylic acids is 6. The molecule has 0 aliphatic heterocycles. The molecule has 0 saturated heterocycles. The van der Waals surface area contributed by atoms with Crippen LogP contribution >= 0.6 is 58.0 Å². The number of hydrogen-bond donors (Lipinski definition) is 0. The molecule has 0 bridgehead atoms. The highest BCUT2D eigenvalue weighted by Crippen LogP contribution is 2.20. The average molecular weight is 563 g/mol. The molecule has 0 aromatic heterocycles. The molecule has 16 heteroatoms. The molecular formula is C16H17Cl5O11. The zero-order chi connectivity index (χ0) is 24.7. The Kier molecular flexibility index (Phi) is 16.2. The first-order chi connectivity index (χ1) is 15.2. The van der Waals surface area contributed by atoms with Crippen molar-refractivity contribution in [3.8, 4) is 0 Å². The van der Waals surface area contributed by atoms with E-state index in [2.05, 4.69) is 0 Å². The lowest BCUT2D eigenvalue weighted by molar-refractivity contribution is -0.200. The molecule has 32 heavy (non-hydrogen) atoms. The summed E-state index contributed by atoms with van der Waals surface area (Å²) in [5, 5.41) is 0. The first kappa shape index (κ1) is 30.5. The second kappa shape index (κ2) is 17.0. The molecule has 11 nitrogen and oxygen atoms in total. The number of alkyl halides is 5. The van der Waals surface area contributed by atoms with Gasteiger partial charge in [0.1, 0.15) is 36.0 Å². The van der Waals surface area contributed by atoms with Gasteiger partial charge in [-0.1, -0.05) is 0 Å². The van der Waals surface area contributed by atoms with Crippen LogP contribution < -0.4 is 0 Å². The summed E-state index contributed by atoms with van der Waals surface area (Å²) in [6, 6.07) is 0. The minimum atomic E-state index is -1.93. The fourth-order valence-corrected chi connectivity index (χ4v) is 2.34. The van der Waals surface area contributed by atoms with E-state index in [0.29, 0.717) is 0 Å². The van der Waals surface area contributed by atoms with Gasteiger partial charge in [0.15, 0.2) is 30.7 Å². The van der Waals surface area contributed by atoms with E-state index in [9.17, 15) is 28.8 Å². The molecular weight excluding hydrogens is 545 g/mol. The summed E-state index contributed by atoms with van der Waals surface area (Å²) >= 11 is 27.0. The van der Waals surface area contributed by atoms with E-state index < -0.39 is 90.3 Å². The second-order valence-corrected chi connectivity index (χ2v) is 6.72. The molecule has 0 saturated carbocycles. The maximum Gasteiger partial charge on any atom is 0.321 e. The van der Waals surface area contributed by atoms with Crippen molar-refractivity contribution >= 4 is 94.1 Å². The minimum absolute atomic E-state index is 0.0311. The number of halogens is 5. The van der Waals surface area contributed by atoms with Crippen molar-refractivity contribution < 1.29 is 52.5 Å². The molecule has 0 aliphatic carbocycles. The van der Waals surface area contributed by atoms with Gasteiger partial charge in [-0.2, -0.15) is 0 Å². The van der Waals surface area contributed by atoms with Gasteiger partial charge in [0.25, 0.3) is 0 Å². The van der Waals surface area contributed by atoms with Crippen LogP contribution in [0.25, 0.3) is 0 Å². The van der Waals surface area contributed by atoms with E-state index in [1.165, 1.54) is 0 Å². The smallest absolute Gasteiger partial charge is 0.321 e. The quantitative estimate of drug-likeness (QED) is 0.119. The molecule has 0 rings (SSSR count). The third-order valence-electron chi connectivity index (χ3n) is 3.19. The summed E-state index contributed by atoms with van der Waals surface area (Å²) in [5.74, 6) is -8.83. The van der Waals surface area contributed by atoms with Crippen LogP contribution in [-0.2, 0) is 52.5 Å². The Balaban J connectivity index is 6.32. The van der Waals surface area contributed by atoms with Gasteiger partial charge in [-0.15, -0.1) is 58.0 Å². The van der Waals surface area contributed by atoms with E-state index in [0.717, 1.165) is 0 Å². The highest BCUT2D eigenvalue weighted by molar-refractivity contribution is 6.27. The SMILES string of the molecule is O=C[C@H](OC(=O)CCl)[C@@H](OC(=O)CCl)[C@H](OC(=O)CCl)[C@@H](COC(=O)CCl)OC(=O)CCl. The molecule has 182 valence electrons. The van der Waals surface area contributed by atoms with Crippen molar-refractivity contribution in [3.05, 3.63) is 0 Å². The topological polar surface area (TPSA) is 149 Å². The van der Waals surface area contributed by atoms with Crippen LogP contribution in [0, 0.1) is 0 Å². The molecule has 0 radical (unpaired) electrons. The van der Waals surface area contributed by atoms with Crippen LogP contribution in [0.3, 0.4) is 0 Å². The third-order valence-corrected chi connectivity index (χ3v) is 4.28. The normalized spacial score (nSPS) is 14.2. The Labute approximate surface area is 206 Å². The highest BCUT2D eigenvalue weighted by atomic mass is 35.5. The molecule has 4 atom stereocenters. The molecule has 0 heterocycles. The number of hydrogen-bond acceptors (Lipinski definition) is 11. The predicted molar refractivity (Wildman–Crippen MR) is 110 cm³/mol. The lowest BCUT2D eigenvalue weighted by Gasteiger charge is -2.33. The van der Waals surface area contributed by atoms with Gasteiger partial charge in [0.05, 0.1) is 0 Å². The van der Waals surface area contributed by atoms with Crippen molar-refractivity contribution in [2.75, 3.05) is 36.0 Å². The maximum absolute atomic E-state index is 11.9. The van der Waals surface area contributed by atoms with Gasteiger partial charge >= 0.3 is 29.8 Å². The van der Waals surface area contributed by atoms with Gasteiger partial charge < -0.3 is 23.7 Å². The summed E-state index contributed by atoms with van der Waals surface area (Å²) in [7, 11) is 0. The summed E-state index contributed by atoms with van der Waals surface area (Å²) < 4.78 is 24.7. The first-order valence-corrected chi connectivity index (χ1v) is 11.0. The highest BCUT2D eigenvalue weighted by Gasteiger charge is 2.44. The standard InChI is InChI=1S/C16H17Cl5O11/c17-1-10(23)28-7-9(30-12(25)3-19)16(32-14(27)5-21)15(31-13(26)4-20)8(6-22)29-11(24)2-18/h6,8-9,15-16H,1-5,7H2/t8-,9+,15+,16+/m0/s1. The fourth-order valence-electron chi connectivity index (χ4n) is 2.01. The number of ether oxygens (including phenoxy) is 5. The first-order valence-electron chi connectivity index (χ1n) is 8.35. The van der Waals surface area contributed by atoms with Gasteiger partial charge in [0.2, 0.25) is 0 Å². The number of esters is 5. The van der Waals surface area contributed by atoms with Crippen LogP contribution in [-0.4, -0.2) is 96.6 Å².